The van der Waals surface area contributed by atoms with Crippen molar-refractivity contribution in [3.63, 3.8) is 0 Å². The number of furan rings is 1. The Morgan fingerprint density at radius 3 is 2.56 bits per heavy atom. The van der Waals surface area contributed by atoms with Crippen molar-refractivity contribution in [1.29, 1.82) is 0 Å². The van der Waals surface area contributed by atoms with Crippen LogP contribution in [0.1, 0.15) is 43.8 Å². The number of non-ortho nitro benzene ring substituents is 1. The van der Waals surface area contributed by atoms with Gasteiger partial charge in [-0.25, -0.2) is 0 Å². The van der Waals surface area contributed by atoms with Crippen LogP contribution in [0.2, 0.25) is 5.02 Å². The van der Waals surface area contributed by atoms with Crippen LogP contribution in [0.15, 0.2) is 83.4 Å². The van der Waals surface area contributed by atoms with E-state index in [0.29, 0.717) is 39.1 Å². The maximum absolute atomic E-state index is 11.3. The summed E-state index contributed by atoms with van der Waals surface area (Å²) in [4.78, 5) is 19.9. The summed E-state index contributed by atoms with van der Waals surface area (Å²) in [7, 11) is 0. The zero-order valence-corrected chi connectivity index (χ0v) is 24.3. The number of nitro benzene ring substituents is 1. The molecule has 10 heteroatoms. The first kappa shape index (κ1) is 27.2. The first-order chi connectivity index (χ1) is 19.8. The fourth-order valence-electron chi connectivity index (χ4n) is 6.12. The predicted octanol–water partition coefficient (Wildman–Crippen LogP) is 7.56. The fourth-order valence-corrected chi connectivity index (χ4v) is 6.76. The topological polar surface area (TPSA) is 87.7 Å². The minimum atomic E-state index is -0.413. The van der Waals surface area contributed by atoms with E-state index in [1.165, 1.54) is 18.6 Å². The van der Waals surface area contributed by atoms with E-state index in [1.54, 1.807) is 18.3 Å². The van der Waals surface area contributed by atoms with Gasteiger partial charge < -0.3 is 19.5 Å². The minimum absolute atomic E-state index is 0.00405. The van der Waals surface area contributed by atoms with Gasteiger partial charge in [0.1, 0.15) is 17.6 Å². The molecule has 8 nitrogen and oxygen atoms in total. The van der Waals surface area contributed by atoms with Crippen LogP contribution < -0.4 is 15.1 Å². The molecule has 0 radical (unpaired) electrons. The number of nitrogens with zero attached hydrogens (tertiary/aromatic N) is 4. The number of pyridine rings is 1. The highest BCUT2D eigenvalue weighted by Crippen LogP contribution is 2.44. The highest BCUT2D eigenvalue weighted by molar-refractivity contribution is 7.80. The summed E-state index contributed by atoms with van der Waals surface area (Å²) in [5.41, 5.74) is 3.30. The molecular formula is C31H30ClN5O3S. The number of hydrogen-bond donors (Lipinski definition) is 1. The Morgan fingerprint density at radius 1 is 1.05 bits per heavy atom. The number of halogens is 1. The van der Waals surface area contributed by atoms with E-state index in [-0.39, 0.29) is 17.8 Å². The maximum Gasteiger partial charge on any atom is 0.270 e. The van der Waals surface area contributed by atoms with E-state index in [9.17, 15) is 10.1 Å². The number of rotatable bonds is 6. The summed E-state index contributed by atoms with van der Waals surface area (Å²) in [5.74, 6) is 2.39. The lowest BCUT2D eigenvalue weighted by Gasteiger charge is -2.37. The third kappa shape index (κ3) is 5.39. The monoisotopic (exact) mass is 587 g/mol. The molecular weight excluding hydrogens is 558 g/mol. The van der Waals surface area contributed by atoms with Crippen molar-refractivity contribution in [3.05, 3.63) is 106 Å². The van der Waals surface area contributed by atoms with Crippen molar-refractivity contribution in [2.24, 2.45) is 11.8 Å². The number of nitrogens with one attached hydrogen (secondary N) is 1. The quantitative estimate of drug-likeness (QED) is 0.140. The average Bonchev–Trinajstić information content (AvgIpc) is 3.57. The zero-order valence-electron chi connectivity index (χ0n) is 22.7. The van der Waals surface area contributed by atoms with Gasteiger partial charge in [-0.15, -0.1) is 0 Å². The van der Waals surface area contributed by atoms with Crippen molar-refractivity contribution in [2.45, 2.75) is 32.4 Å². The van der Waals surface area contributed by atoms with Crippen LogP contribution >= 0.6 is 23.8 Å². The summed E-state index contributed by atoms with van der Waals surface area (Å²) in [6.07, 6.45) is 2.97. The second-order valence-electron chi connectivity index (χ2n) is 11.0. The molecule has 2 aromatic carbocycles. The Labute approximate surface area is 249 Å². The van der Waals surface area contributed by atoms with Crippen molar-refractivity contribution in [1.82, 2.24) is 10.3 Å². The van der Waals surface area contributed by atoms with E-state index >= 15 is 0 Å². The molecule has 2 aliphatic heterocycles. The second-order valence-corrected chi connectivity index (χ2v) is 11.8. The SMILES string of the molecule is C[C@@H]1C[C@H](C)CN(c2ccc(N3C(=S)N[C@@H](c4ccccn4)[C@H]3c3ccc(-c4cccc([N+](=O)[O-])c4)o3)cc2Cl)C1. The highest BCUT2D eigenvalue weighted by Gasteiger charge is 2.43. The molecule has 0 amide bonds. The number of nitro groups is 1. The molecule has 2 saturated heterocycles. The summed E-state index contributed by atoms with van der Waals surface area (Å²) >= 11 is 12.8. The Morgan fingerprint density at radius 2 is 1.85 bits per heavy atom. The van der Waals surface area contributed by atoms with Gasteiger partial charge in [-0.3, -0.25) is 15.1 Å². The number of piperidine rings is 1. The molecule has 210 valence electrons. The van der Waals surface area contributed by atoms with Gasteiger partial charge >= 0.3 is 0 Å². The Balaban J connectivity index is 1.38. The number of aromatic nitrogens is 1. The first-order valence-electron chi connectivity index (χ1n) is 13.7. The molecule has 0 bridgehead atoms. The van der Waals surface area contributed by atoms with Gasteiger partial charge in [0, 0.05) is 42.7 Å². The lowest BCUT2D eigenvalue weighted by Crippen LogP contribution is -2.38. The highest BCUT2D eigenvalue weighted by atomic mass is 35.5. The molecule has 0 spiro atoms. The third-order valence-corrected chi connectivity index (χ3v) is 8.39. The van der Waals surface area contributed by atoms with E-state index in [1.807, 2.05) is 41.3 Å². The molecule has 4 aromatic rings. The lowest BCUT2D eigenvalue weighted by atomic mass is 9.91. The molecule has 1 N–H and O–H groups in total. The largest absolute Gasteiger partial charge is 0.459 e. The third-order valence-electron chi connectivity index (χ3n) is 7.78. The summed E-state index contributed by atoms with van der Waals surface area (Å²) in [5, 5.41) is 16.0. The van der Waals surface area contributed by atoms with Gasteiger partial charge in [0.2, 0.25) is 0 Å². The van der Waals surface area contributed by atoms with Gasteiger partial charge in [-0.1, -0.05) is 43.6 Å². The molecule has 0 unspecified atom stereocenters. The molecule has 4 atom stereocenters. The number of hydrogen-bond acceptors (Lipinski definition) is 6. The van der Waals surface area contributed by atoms with Crippen molar-refractivity contribution in [3.8, 4) is 11.3 Å². The summed E-state index contributed by atoms with van der Waals surface area (Å²) < 4.78 is 6.38. The average molecular weight is 588 g/mol. The first-order valence-corrected chi connectivity index (χ1v) is 14.5. The smallest absolute Gasteiger partial charge is 0.270 e. The van der Waals surface area contributed by atoms with Crippen LogP contribution in [-0.4, -0.2) is 28.1 Å². The molecule has 41 heavy (non-hydrogen) atoms. The maximum atomic E-state index is 11.3. The van der Waals surface area contributed by atoms with Crippen LogP contribution in [0, 0.1) is 22.0 Å². The van der Waals surface area contributed by atoms with Crippen LogP contribution in [0.4, 0.5) is 17.1 Å². The standard InChI is InChI=1S/C31H30ClN5O3S/c1-19-14-20(2)18-35(17-19)26-10-9-22(16-24(26)32)36-30(29(34-31(36)41)25-8-3-4-13-33-25)28-12-11-27(40-28)21-6-5-7-23(15-21)37(38)39/h3-13,15-16,19-20,29-30H,14,17-18H2,1-2H3,(H,34,41)/t19-,20+,29-,30+/m0/s1. The lowest BCUT2D eigenvalue weighted by molar-refractivity contribution is -0.384. The van der Waals surface area contributed by atoms with E-state index < -0.39 is 4.92 Å². The van der Waals surface area contributed by atoms with Gasteiger partial charge in [-0.05, 0) is 72.9 Å². The predicted molar refractivity (Wildman–Crippen MR) is 165 cm³/mol. The molecule has 6 rings (SSSR count). The van der Waals surface area contributed by atoms with Crippen molar-refractivity contribution in [2.75, 3.05) is 22.9 Å². The molecule has 0 saturated carbocycles. The van der Waals surface area contributed by atoms with Crippen LogP contribution in [0.25, 0.3) is 11.3 Å². The number of anilines is 2. The minimum Gasteiger partial charge on any atom is -0.459 e. The molecule has 2 aliphatic rings. The fraction of sp³-hybridized carbons (Fsp3) is 0.290. The van der Waals surface area contributed by atoms with Crippen LogP contribution in [0.3, 0.4) is 0 Å². The molecule has 4 heterocycles. The summed E-state index contributed by atoms with van der Waals surface area (Å²) in [6.45, 7) is 6.52. The normalized spacial score (nSPS) is 22.6. The van der Waals surface area contributed by atoms with Crippen molar-refractivity contribution >= 4 is 46.0 Å². The van der Waals surface area contributed by atoms with Gasteiger partial charge in [-0.2, -0.15) is 0 Å². The van der Waals surface area contributed by atoms with Gasteiger partial charge in [0.15, 0.2) is 5.11 Å². The Hall–Kier alpha value is -3.95. The van der Waals surface area contributed by atoms with Gasteiger partial charge in [0.05, 0.1) is 27.4 Å². The van der Waals surface area contributed by atoms with Gasteiger partial charge in [0.25, 0.3) is 5.69 Å². The van der Waals surface area contributed by atoms with Crippen LogP contribution in [0.5, 0.6) is 0 Å². The number of benzene rings is 2. The van der Waals surface area contributed by atoms with Crippen molar-refractivity contribution < 1.29 is 9.34 Å². The van der Waals surface area contributed by atoms with Crippen LogP contribution in [-0.2, 0) is 0 Å². The van der Waals surface area contributed by atoms with E-state index in [0.717, 1.165) is 30.2 Å². The molecule has 2 fully saturated rings. The van der Waals surface area contributed by atoms with E-state index in [2.05, 4.69) is 41.2 Å². The summed E-state index contributed by atoms with van der Waals surface area (Å²) in [6, 6.07) is 21.3. The molecule has 0 aliphatic carbocycles. The second kappa shape index (κ2) is 11.1. The van der Waals surface area contributed by atoms with E-state index in [4.69, 9.17) is 28.2 Å². The number of thiocarbonyl (C=S) groups is 1. The Bertz CT molecular complexity index is 1590. The molecule has 2 aromatic heterocycles. The zero-order chi connectivity index (χ0) is 28.7. The Kier molecular flexibility index (Phi) is 7.40.